The minimum atomic E-state index is -0.978. The second-order valence-corrected chi connectivity index (χ2v) is 8.99. The van der Waals surface area contributed by atoms with Crippen molar-refractivity contribution in [2.75, 3.05) is 0 Å². The predicted octanol–water partition coefficient (Wildman–Crippen LogP) is 4.39. The van der Waals surface area contributed by atoms with Gasteiger partial charge in [0.1, 0.15) is 0 Å². The van der Waals surface area contributed by atoms with Crippen LogP contribution in [0.5, 0.6) is 11.5 Å². The molecule has 0 amide bonds. The Bertz CT molecular complexity index is 747. The Labute approximate surface area is 185 Å². The van der Waals surface area contributed by atoms with Gasteiger partial charge in [-0.3, -0.25) is 0 Å². The molecule has 0 bridgehead atoms. The molecule has 0 aromatic heterocycles. The molecule has 0 saturated carbocycles. The Morgan fingerprint density at radius 1 is 0.867 bits per heavy atom. The van der Waals surface area contributed by atoms with E-state index in [1.165, 1.54) is 12.1 Å². The molecule has 1 rings (SSSR count). The molecule has 2 radical (unpaired) electrons. The van der Waals surface area contributed by atoms with Gasteiger partial charge in [0.2, 0.25) is 0 Å². The SMILES string of the molecule is CC(C)C(C)OC(=O)Oc1ccc(C[C@H]([As])C(=O)O)cc1OC(=O)OC(C)C(C)C. The van der Waals surface area contributed by atoms with Gasteiger partial charge in [-0.15, -0.1) is 0 Å². The van der Waals surface area contributed by atoms with Gasteiger partial charge < -0.3 is 0 Å². The molecule has 2 unspecified atom stereocenters. The third-order valence-corrected chi connectivity index (χ3v) is 5.40. The summed E-state index contributed by atoms with van der Waals surface area (Å²) in [5.74, 6) is -0.895. The number of carbonyl (C=O) groups is 3. The fraction of sp³-hybridized carbons (Fsp3) is 0.571. The van der Waals surface area contributed by atoms with Crippen LogP contribution in [0.25, 0.3) is 0 Å². The number of ether oxygens (including phenoxy) is 4. The zero-order chi connectivity index (χ0) is 23.0. The average Bonchev–Trinajstić information content (AvgIpc) is 2.63. The number of carbonyl (C=O) groups excluding carboxylic acids is 2. The minimum absolute atomic E-state index is 0.0358. The fourth-order valence-electron chi connectivity index (χ4n) is 1.96. The van der Waals surface area contributed by atoms with Gasteiger partial charge in [-0.25, -0.2) is 0 Å². The van der Waals surface area contributed by atoms with Crippen LogP contribution >= 0.6 is 0 Å². The van der Waals surface area contributed by atoms with E-state index in [0.29, 0.717) is 5.56 Å². The number of carboxylic acids is 1. The molecule has 0 fully saturated rings. The van der Waals surface area contributed by atoms with Crippen molar-refractivity contribution in [1.29, 1.82) is 0 Å². The van der Waals surface area contributed by atoms with E-state index in [1.807, 2.05) is 27.7 Å². The van der Waals surface area contributed by atoms with E-state index < -0.39 is 23.0 Å². The van der Waals surface area contributed by atoms with Crippen LogP contribution in [0, 0.1) is 11.8 Å². The molecular weight excluding hydrogens is 455 g/mol. The van der Waals surface area contributed by atoms with Crippen molar-refractivity contribution in [1.82, 2.24) is 0 Å². The van der Waals surface area contributed by atoms with Gasteiger partial charge in [-0.1, -0.05) is 0 Å². The second-order valence-electron chi connectivity index (χ2n) is 7.68. The Kier molecular flexibility index (Phi) is 10.2. The van der Waals surface area contributed by atoms with Crippen molar-refractivity contribution < 1.29 is 38.4 Å². The van der Waals surface area contributed by atoms with Gasteiger partial charge in [0.15, 0.2) is 0 Å². The Balaban J connectivity index is 3.05. The topological polar surface area (TPSA) is 108 Å². The molecule has 0 aliphatic carbocycles. The van der Waals surface area contributed by atoms with Gasteiger partial charge in [0.25, 0.3) is 0 Å². The summed E-state index contributed by atoms with van der Waals surface area (Å²) in [4.78, 5) is 35.4. The van der Waals surface area contributed by atoms with Gasteiger partial charge in [0, 0.05) is 0 Å². The van der Waals surface area contributed by atoms with E-state index in [1.54, 1.807) is 19.9 Å². The van der Waals surface area contributed by atoms with Crippen LogP contribution in [0.3, 0.4) is 0 Å². The van der Waals surface area contributed by atoms with E-state index in [0.717, 1.165) is 0 Å². The Morgan fingerprint density at radius 3 is 1.77 bits per heavy atom. The Morgan fingerprint density at radius 2 is 1.33 bits per heavy atom. The molecule has 0 aliphatic rings. The summed E-state index contributed by atoms with van der Waals surface area (Å²) < 4.78 is 20.1. The standard InChI is InChI=1S/C21H29AsO8/c1-11(2)13(5)27-20(25)29-17-8-7-15(9-16(22)19(23)24)10-18(17)30-21(26)28-14(6)12(3)4/h7-8,10-14,16H,9H2,1-6H3,(H,23,24)/t13?,14?,16-/m0/s1. The summed E-state index contributed by atoms with van der Waals surface area (Å²) in [6.45, 7) is 11.1. The monoisotopic (exact) mass is 484 g/mol. The van der Waals surface area contributed by atoms with Crippen molar-refractivity contribution in [2.24, 2.45) is 11.8 Å². The van der Waals surface area contributed by atoms with Gasteiger partial charge in [0.05, 0.1) is 0 Å². The number of benzene rings is 1. The molecule has 0 heterocycles. The number of hydrogen-bond acceptors (Lipinski definition) is 7. The van der Waals surface area contributed by atoms with Crippen molar-refractivity contribution >= 4 is 35.1 Å². The zero-order valence-electron chi connectivity index (χ0n) is 18.1. The summed E-state index contributed by atoms with van der Waals surface area (Å²) in [7, 11) is 0. The first kappa shape index (κ1) is 25.8. The van der Waals surface area contributed by atoms with Gasteiger partial charge in [-0.2, -0.15) is 0 Å². The second kappa shape index (κ2) is 11.8. The summed E-state index contributed by atoms with van der Waals surface area (Å²) in [6, 6.07) is 4.46. The first-order valence-corrected chi connectivity index (χ1v) is 10.8. The summed E-state index contributed by atoms with van der Waals surface area (Å²) >= 11 is 2.07. The molecule has 166 valence electrons. The average molecular weight is 484 g/mol. The van der Waals surface area contributed by atoms with E-state index in [2.05, 4.69) is 16.9 Å². The number of carboxylic acid groups (broad SMARTS) is 1. The van der Waals surface area contributed by atoms with Crippen molar-refractivity contribution in [3.8, 4) is 11.5 Å². The van der Waals surface area contributed by atoms with Crippen LogP contribution < -0.4 is 9.47 Å². The molecule has 0 aliphatic heterocycles. The number of hydrogen-bond donors (Lipinski definition) is 1. The quantitative estimate of drug-likeness (QED) is 0.312. The molecule has 0 spiro atoms. The van der Waals surface area contributed by atoms with Crippen molar-refractivity contribution in [3.05, 3.63) is 23.8 Å². The molecule has 1 aromatic rings. The molecule has 3 atom stereocenters. The third kappa shape index (κ3) is 8.66. The van der Waals surface area contributed by atoms with Crippen LogP contribution in [-0.4, -0.2) is 52.4 Å². The summed E-state index contributed by atoms with van der Waals surface area (Å²) in [6.07, 6.45) is -2.46. The molecule has 1 N–H and O–H groups in total. The van der Waals surface area contributed by atoms with Gasteiger partial charge in [-0.05, 0) is 0 Å². The first-order valence-electron chi connectivity index (χ1n) is 9.71. The Hall–Kier alpha value is -2.21. The molecule has 8 nitrogen and oxygen atoms in total. The molecule has 0 saturated heterocycles. The zero-order valence-corrected chi connectivity index (χ0v) is 20.0. The molecule has 9 heteroatoms. The van der Waals surface area contributed by atoms with Gasteiger partial charge >= 0.3 is 186 Å². The summed E-state index contributed by atoms with van der Waals surface area (Å²) in [5, 5.41) is 9.10. The van der Waals surface area contributed by atoms with Crippen LogP contribution in [0.4, 0.5) is 9.59 Å². The van der Waals surface area contributed by atoms with Crippen LogP contribution in [0.15, 0.2) is 18.2 Å². The molecule has 1 aromatic carbocycles. The first-order chi connectivity index (χ1) is 13.9. The van der Waals surface area contributed by atoms with E-state index in [4.69, 9.17) is 24.1 Å². The van der Waals surface area contributed by atoms with Crippen molar-refractivity contribution in [2.45, 2.75) is 64.9 Å². The van der Waals surface area contributed by atoms with E-state index in [-0.39, 0.29) is 42.0 Å². The van der Waals surface area contributed by atoms with Crippen LogP contribution in [-0.2, 0) is 20.7 Å². The normalized spacial score (nSPS) is 14.0. The molecular formula is C21H29AsO8. The van der Waals surface area contributed by atoms with E-state index >= 15 is 0 Å². The summed E-state index contributed by atoms with van der Waals surface area (Å²) in [5.41, 5.74) is 0.582. The van der Waals surface area contributed by atoms with Crippen molar-refractivity contribution in [3.63, 3.8) is 0 Å². The maximum absolute atomic E-state index is 12.2. The molecule has 30 heavy (non-hydrogen) atoms. The van der Waals surface area contributed by atoms with Crippen LogP contribution in [0.2, 0.25) is 4.71 Å². The number of aliphatic carboxylic acids is 1. The predicted molar refractivity (Wildman–Crippen MR) is 110 cm³/mol. The van der Waals surface area contributed by atoms with E-state index in [9.17, 15) is 14.4 Å². The number of rotatable bonds is 9. The maximum atomic E-state index is 12.2. The fourth-order valence-corrected chi connectivity index (χ4v) is 2.40. The van der Waals surface area contributed by atoms with Crippen LogP contribution in [0.1, 0.15) is 47.1 Å². The third-order valence-electron chi connectivity index (χ3n) is 4.55.